The van der Waals surface area contributed by atoms with E-state index in [1.807, 2.05) is 0 Å². The van der Waals surface area contributed by atoms with E-state index < -0.39 is 0 Å². The summed E-state index contributed by atoms with van der Waals surface area (Å²) in [6.07, 6.45) is 23.6. The van der Waals surface area contributed by atoms with Crippen LogP contribution in [0.15, 0.2) is 0 Å². The SMILES string of the molecule is CC1CCCC1.CC1CCCCC1.CC1CCCCC1.C[C@@H]1CCCNC1. The molecular formula is C26H53N. The molecule has 0 bridgehead atoms. The Kier molecular flexibility index (Phi) is 15.6. The maximum atomic E-state index is 3.33. The van der Waals surface area contributed by atoms with E-state index in [1.165, 1.54) is 116 Å². The smallest absolute Gasteiger partial charge is 0.00231 e. The molecule has 4 aliphatic rings. The van der Waals surface area contributed by atoms with Crippen LogP contribution >= 0.6 is 0 Å². The van der Waals surface area contributed by atoms with Gasteiger partial charge in [-0.1, -0.05) is 118 Å². The third kappa shape index (κ3) is 15.5. The number of piperidine rings is 1. The molecule has 3 aliphatic carbocycles. The molecule has 1 N–H and O–H groups in total. The second-order valence-electron chi connectivity index (χ2n) is 10.3. The van der Waals surface area contributed by atoms with Crippen molar-refractivity contribution in [3.05, 3.63) is 0 Å². The van der Waals surface area contributed by atoms with E-state index in [0.29, 0.717) is 0 Å². The topological polar surface area (TPSA) is 12.0 Å². The fourth-order valence-corrected chi connectivity index (χ4v) is 4.77. The molecule has 4 fully saturated rings. The first-order chi connectivity index (χ1) is 13.1. The first kappa shape index (κ1) is 25.0. The van der Waals surface area contributed by atoms with Crippen LogP contribution < -0.4 is 5.32 Å². The van der Waals surface area contributed by atoms with Gasteiger partial charge in [-0.2, -0.15) is 0 Å². The summed E-state index contributed by atoms with van der Waals surface area (Å²) in [7, 11) is 0. The maximum absolute atomic E-state index is 3.33. The van der Waals surface area contributed by atoms with Crippen LogP contribution in [0.3, 0.4) is 0 Å². The minimum absolute atomic E-state index is 0.925. The zero-order valence-corrected chi connectivity index (χ0v) is 19.5. The Balaban J connectivity index is 0.000000180. The van der Waals surface area contributed by atoms with E-state index in [9.17, 15) is 0 Å². The van der Waals surface area contributed by atoms with Crippen molar-refractivity contribution < 1.29 is 0 Å². The van der Waals surface area contributed by atoms with Crippen molar-refractivity contribution in [2.24, 2.45) is 23.7 Å². The van der Waals surface area contributed by atoms with Gasteiger partial charge in [0.25, 0.3) is 0 Å². The highest BCUT2D eigenvalue weighted by Gasteiger charge is 2.08. The number of rotatable bonds is 0. The highest BCUT2D eigenvalue weighted by Crippen LogP contribution is 2.23. The van der Waals surface area contributed by atoms with Crippen molar-refractivity contribution in [3.63, 3.8) is 0 Å². The molecule has 1 atom stereocenters. The van der Waals surface area contributed by atoms with Gasteiger partial charge in [-0.15, -0.1) is 0 Å². The Morgan fingerprint density at radius 3 is 0.889 bits per heavy atom. The molecule has 0 aromatic carbocycles. The summed E-state index contributed by atoms with van der Waals surface area (Å²) in [4.78, 5) is 0. The van der Waals surface area contributed by atoms with E-state index in [1.54, 1.807) is 0 Å². The zero-order chi connectivity index (χ0) is 19.7. The van der Waals surface area contributed by atoms with Crippen LogP contribution in [-0.2, 0) is 0 Å². The molecular weight excluding hydrogens is 326 g/mol. The minimum atomic E-state index is 0.925. The summed E-state index contributed by atoms with van der Waals surface area (Å²) >= 11 is 0. The predicted molar refractivity (Wildman–Crippen MR) is 123 cm³/mol. The van der Waals surface area contributed by atoms with Crippen molar-refractivity contribution in [3.8, 4) is 0 Å². The van der Waals surface area contributed by atoms with E-state index >= 15 is 0 Å². The van der Waals surface area contributed by atoms with Crippen LogP contribution in [0.1, 0.15) is 130 Å². The lowest BCUT2D eigenvalue weighted by Gasteiger charge is -2.17. The lowest BCUT2D eigenvalue weighted by Crippen LogP contribution is -2.27. The highest BCUT2D eigenvalue weighted by molar-refractivity contribution is 4.63. The average molecular weight is 380 g/mol. The van der Waals surface area contributed by atoms with Gasteiger partial charge in [0, 0.05) is 0 Å². The molecule has 1 heterocycles. The lowest BCUT2D eigenvalue weighted by molar-refractivity contribution is 0.385. The van der Waals surface area contributed by atoms with Crippen LogP contribution in [0.4, 0.5) is 0 Å². The van der Waals surface area contributed by atoms with Gasteiger partial charge in [0.1, 0.15) is 0 Å². The average Bonchev–Trinajstić information content (AvgIpc) is 3.16. The van der Waals surface area contributed by atoms with E-state index in [2.05, 4.69) is 33.0 Å². The van der Waals surface area contributed by atoms with Gasteiger partial charge in [-0.25, -0.2) is 0 Å². The monoisotopic (exact) mass is 379 g/mol. The summed E-state index contributed by atoms with van der Waals surface area (Å²) in [6, 6.07) is 0. The van der Waals surface area contributed by atoms with Crippen LogP contribution in [0.25, 0.3) is 0 Å². The molecule has 0 amide bonds. The fourth-order valence-electron chi connectivity index (χ4n) is 4.77. The number of hydrogen-bond acceptors (Lipinski definition) is 1. The molecule has 0 unspecified atom stereocenters. The molecule has 0 aromatic heterocycles. The summed E-state index contributed by atoms with van der Waals surface area (Å²) < 4.78 is 0. The van der Waals surface area contributed by atoms with E-state index in [0.717, 1.165) is 23.7 Å². The van der Waals surface area contributed by atoms with E-state index in [-0.39, 0.29) is 0 Å². The van der Waals surface area contributed by atoms with Crippen molar-refractivity contribution in [2.45, 2.75) is 130 Å². The van der Waals surface area contributed by atoms with Gasteiger partial charge in [-0.3, -0.25) is 0 Å². The Labute approximate surface area is 172 Å². The van der Waals surface area contributed by atoms with Crippen molar-refractivity contribution >= 4 is 0 Å². The van der Waals surface area contributed by atoms with Gasteiger partial charge < -0.3 is 5.32 Å². The van der Waals surface area contributed by atoms with Crippen LogP contribution in [0, 0.1) is 23.7 Å². The first-order valence-corrected chi connectivity index (χ1v) is 12.8. The quantitative estimate of drug-likeness (QED) is 0.445. The Hall–Kier alpha value is -0.0400. The molecule has 1 saturated heterocycles. The van der Waals surface area contributed by atoms with Gasteiger partial charge >= 0.3 is 0 Å². The third-order valence-corrected chi connectivity index (χ3v) is 6.97. The molecule has 0 spiro atoms. The highest BCUT2D eigenvalue weighted by atomic mass is 14.9. The predicted octanol–water partition coefficient (Wildman–Crippen LogP) is 8.38. The second-order valence-corrected chi connectivity index (χ2v) is 10.3. The third-order valence-electron chi connectivity index (χ3n) is 6.97. The van der Waals surface area contributed by atoms with Crippen molar-refractivity contribution in [1.82, 2.24) is 5.32 Å². The van der Waals surface area contributed by atoms with Crippen molar-refractivity contribution in [2.75, 3.05) is 13.1 Å². The number of hydrogen-bond donors (Lipinski definition) is 1. The molecule has 1 heteroatoms. The molecule has 0 aromatic rings. The molecule has 162 valence electrons. The Morgan fingerprint density at radius 2 is 0.741 bits per heavy atom. The minimum Gasteiger partial charge on any atom is -0.316 e. The van der Waals surface area contributed by atoms with Crippen LogP contribution in [0.2, 0.25) is 0 Å². The second kappa shape index (κ2) is 16.9. The van der Waals surface area contributed by atoms with Crippen LogP contribution in [-0.4, -0.2) is 13.1 Å². The number of nitrogens with one attached hydrogen (secondary N) is 1. The lowest BCUT2D eigenvalue weighted by atomic mass is 9.91. The molecule has 3 saturated carbocycles. The molecule has 4 rings (SSSR count). The Bertz CT molecular complexity index is 251. The van der Waals surface area contributed by atoms with Gasteiger partial charge in [-0.05, 0) is 49.6 Å². The standard InChI is InChI=1S/2C7H14.C6H13N.C6H12/c2*1-7-5-3-2-4-6-7;1-6-3-2-4-7-5-6;1-6-4-2-3-5-6/h2*7H,2-6H2,1H3;6-7H,2-5H2,1H3;6H,2-5H2,1H3/t;;6-;/m..1./s1. The summed E-state index contributed by atoms with van der Waals surface area (Å²) in [5.41, 5.74) is 0. The maximum Gasteiger partial charge on any atom is -0.00231 e. The molecule has 1 nitrogen and oxygen atoms in total. The molecule has 1 aliphatic heterocycles. The summed E-state index contributed by atoms with van der Waals surface area (Å²) in [6.45, 7) is 11.8. The van der Waals surface area contributed by atoms with Gasteiger partial charge in [0.2, 0.25) is 0 Å². The zero-order valence-electron chi connectivity index (χ0n) is 19.5. The van der Waals surface area contributed by atoms with E-state index in [4.69, 9.17) is 0 Å². The summed E-state index contributed by atoms with van der Waals surface area (Å²) in [5, 5.41) is 3.33. The van der Waals surface area contributed by atoms with Crippen molar-refractivity contribution in [1.29, 1.82) is 0 Å². The molecule has 0 radical (unpaired) electrons. The normalized spacial score (nSPS) is 27.3. The summed E-state index contributed by atoms with van der Waals surface area (Å²) in [5.74, 6) is 4.04. The van der Waals surface area contributed by atoms with Gasteiger partial charge in [0.15, 0.2) is 0 Å². The molecule has 27 heavy (non-hydrogen) atoms. The van der Waals surface area contributed by atoms with Gasteiger partial charge in [0.05, 0.1) is 0 Å². The largest absolute Gasteiger partial charge is 0.316 e. The fraction of sp³-hybridized carbons (Fsp3) is 1.00. The Morgan fingerprint density at radius 1 is 0.407 bits per heavy atom. The van der Waals surface area contributed by atoms with Crippen LogP contribution in [0.5, 0.6) is 0 Å². The first-order valence-electron chi connectivity index (χ1n) is 12.8.